The minimum atomic E-state index is -3.77. The zero-order chi connectivity index (χ0) is 24.7. The van der Waals surface area contributed by atoms with Crippen LogP contribution in [0.5, 0.6) is 5.75 Å². The molecule has 1 fully saturated rings. The summed E-state index contributed by atoms with van der Waals surface area (Å²) in [5.74, 6) is 0.312. The van der Waals surface area contributed by atoms with Crippen LogP contribution in [0.25, 0.3) is 0 Å². The van der Waals surface area contributed by atoms with E-state index in [0.29, 0.717) is 38.5 Å². The zero-order valence-corrected chi connectivity index (χ0v) is 20.4. The number of urea groups is 1. The predicted molar refractivity (Wildman–Crippen MR) is 130 cm³/mol. The second-order valence-electron chi connectivity index (χ2n) is 7.90. The lowest BCUT2D eigenvalue weighted by atomic mass is 10.1. The molecule has 3 amide bonds. The lowest BCUT2D eigenvalue weighted by Crippen LogP contribution is -2.36. The van der Waals surface area contributed by atoms with E-state index >= 15 is 0 Å². The van der Waals surface area contributed by atoms with Crippen LogP contribution in [-0.2, 0) is 16.6 Å². The van der Waals surface area contributed by atoms with Crippen molar-refractivity contribution < 1.29 is 22.7 Å². The van der Waals surface area contributed by atoms with Crippen LogP contribution < -0.4 is 20.7 Å². The van der Waals surface area contributed by atoms with E-state index in [-0.39, 0.29) is 23.0 Å². The van der Waals surface area contributed by atoms with Crippen molar-refractivity contribution in [3.05, 3.63) is 53.6 Å². The molecule has 34 heavy (non-hydrogen) atoms. The second-order valence-corrected chi connectivity index (χ2v) is 10.1. The Morgan fingerprint density at radius 1 is 1.21 bits per heavy atom. The molecule has 0 atom stereocenters. The van der Waals surface area contributed by atoms with Gasteiger partial charge in [-0.25, -0.2) is 17.5 Å². The van der Waals surface area contributed by atoms with Gasteiger partial charge < -0.3 is 25.6 Å². The number of benzene rings is 2. The van der Waals surface area contributed by atoms with Gasteiger partial charge >= 0.3 is 6.03 Å². The summed E-state index contributed by atoms with van der Waals surface area (Å²) in [6.07, 6.45) is 0. The van der Waals surface area contributed by atoms with Crippen LogP contribution in [0.3, 0.4) is 0 Å². The largest absolute Gasteiger partial charge is 0.494 e. The number of carbonyl (C=O) groups is 2. The lowest BCUT2D eigenvalue weighted by molar-refractivity contribution is 0.0950. The fraction of sp³-hybridized carbons (Fsp3) is 0.391. The Morgan fingerprint density at radius 2 is 1.97 bits per heavy atom. The molecule has 0 saturated carbocycles. The molecule has 1 aliphatic rings. The van der Waals surface area contributed by atoms with Crippen LogP contribution in [0.2, 0.25) is 0 Å². The van der Waals surface area contributed by atoms with Gasteiger partial charge in [-0.05, 0) is 31.2 Å². The highest BCUT2D eigenvalue weighted by Crippen LogP contribution is 2.24. The third-order valence-corrected chi connectivity index (χ3v) is 7.11. The number of para-hydroxylation sites is 1. The number of sulfonamides is 1. The molecule has 0 radical (unpaired) electrons. The minimum absolute atomic E-state index is 0.00432. The predicted octanol–water partition coefficient (Wildman–Crippen LogP) is 1.70. The van der Waals surface area contributed by atoms with Crippen molar-refractivity contribution in [3.8, 4) is 5.75 Å². The maximum absolute atomic E-state index is 12.8. The molecule has 11 heteroatoms. The number of hydrogen-bond acceptors (Lipinski definition) is 6. The first kappa shape index (κ1) is 25.3. The molecule has 2 aromatic carbocycles. The molecule has 1 saturated heterocycles. The van der Waals surface area contributed by atoms with Crippen LogP contribution in [0.4, 0.5) is 10.5 Å². The molecule has 3 rings (SSSR count). The van der Waals surface area contributed by atoms with E-state index < -0.39 is 15.9 Å². The second kappa shape index (κ2) is 11.2. The van der Waals surface area contributed by atoms with Crippen LogP contribution in [0.15, 0.2) is 47.4 Å². The lowest BCUT2D eigenvalue weighted by Gasteiger charge is -2.17. The number of hydrogen-bond donors (Lipinski definition) is 3. The summed E-state index contributed by atoms with van der Waals surface area (Å²) in [6.45, 7) is 4.60. The van der Waals surface area contributed by atoms with E-state index in [2.05, 4.69) is 16.0 Å². The van der Waals surface area contributed by atoms with E-state index in [1.807, 2.05) is 31.2 Å². The van der Waals surface area contributed by atoms with Crippen molar-refractivity contribution in [2.45, 2.75) is 18.4 Å². The number of rotatable bonds is 11. The Balaban J connectivity index is 1.79. The first-order valence-electron chi connectivity index (χ1n) is 11.1. The molecule has 3 N–H and O–H groups in total. The fourth-order valence-corrected chi connectivity index (χ4v) is 4.44. The van der Waals surface area contributed by atoms with Gasteiger partial charge in [0, 0.05) is 63.6 Å². The quantitative estimate of drug-likeness (QED) is 0.442. The van der Waals surface area contributed by atoms with Gasteiger partial charge in [0.2, 0.25) is 10.0 Å². The molecule has 0 spiro atoms. The first-order valence-corrected chi connectivity index (χ1v) is 12.5. The number of carbonyl (C=O) groups excluding carboxylic acids is 2. The average molecular weight is 490 g/mol. The summed E-state index contributed by atoms with van der Waals surface area (Å²) >= 11 is 0. The van der Waals surface area contributed by atoms with Gasteiger partial charge in [-0.2, -0.15) is 0 Å². The van der Waals surface area contributed by atoms with Crippen molar-refractivity contribution in [1.82, 2.24) is 19.8 Å². The standard InChI is InChI=1S/C23H31N5O5S/c1-4-33-21-8-6-5-7-17(21)16-26-19-13-18(14-20(15-19)34(31,32)27(2)3)22(29)24-9-11-28-12-10-25-23(28)30/h5-8,13-15,26H,4,9-12,16H2,1-3H3,(H,24,29)(H,25,30). The topological polar surface area (TPSA) is 120 Å². The van der Waals surface area contributed by atoms with Gasteiger partial charge in [0.1, 0.15) is 5.75 Å². The van der Waals surface area contributed by atoms with Gasteiger partial charge in [0.15, 0.2) is 0 Å². The molecule has 2 aromatic rings. The molecular formula is C23H31N5O5S. The van der Waals surface area contributed by atoms with E-state index in [1.54, 1.807) is 11.0 Å². The first-order chi connectivity index (χ1) is 16.2. The summed E-state index contributed by atoms with van der Waals surface area (Å²) in [5.41, 5.74) is 1.59. The van der Waals surface area contributed by atoms with Crippen molar-refractivity contribution >= 4 is 27.6 Å². The Morgan fingerprint density at radius 3 is 2.65 bits per heavy atom. The van der Waals surface area contributed by atoms with Crippen molar-refractivity contribution in [2.24, 2.45) is 0 Å². The van der Waals surface area contributed by atoms with E-state index in [0.717, 1.165) is 15.6 Å². The van der Waals surface area contributed by atoms with E-state index in [1.165, 1.54) is 26.2 Å². The monoisotopic (exact) mass is 489 g/mol. The highest BCUT2D eigenvalue weighted by atomic mass is 32.2. The number of anilines is 1. The van der Waals surface area contributed by atoms with E-state index in [9.17, 15) is 18.0 Å². The Hall–Kier alpha value is -3.31. The molecule has 1 heterocycles. The third-order valence-electron chi connectivity index (χ3n) is 5.32. The van der Waals surface area contributed by atoms with Crippen LogP contribution in [-0.4, -0.2) is 76.4 Å². The smallest absolute Gasteiger partial charge is 0.317 e. The molecular weight excluding hydrogens is 458 g/mol. The number of ether oxygens (including phenoxy) is 1. The van der Waals surface area contributed by atoms with Gasteiger partial charge in [-0.1, -0.05) is 18.2 Å². The average Bonchev–Trinajstić information content (AvgIpc) is 3.22. The van der Waals surface area contributed by atoms with Gasteiger partial charge in [0.05, 0.1) is 11.5 Å². The third kappa shape index (κ3) is 6.17. The van der Waals surface area contributed by atoms with Gasteiger partial charge in [-0.3, -0.25) is 4.79 Å². The van der Waals surface area contributed by atoms with Crippen LogP contribution >= 0.6 is 0 Å². The fourth-order valence-electron chi connectivity index (χ4n) is 3.47. The highest BCUT2D eigenvalue weighted by Gasteiger charge is 2.22. The van der Waals surface area contributed by atoms with E-state index in [4.69, 9.17) is 4.74 Å². The molecule has 0 aromatic heterocycles. The number of nitrogens with one attached hydrogen (secondary N) is 3. The zero-order valence-electron chi connectivity index (χ0n) is 19.6. The number of amides is 3. The summed E-state index contributed by atoms with van der Waals surface area (Å²) in [5, 5.41) is 8.68. The summed E-state index contributed by atoms with van der Waals surface area (Å²) < 4.78 is 32.3. The summed E-state index contributed by atoms with van der Waals surface area (Å²) in [7, 11) is -0.890. The molecule has 0 unspecified atom stereocenters. The van der Waals surface area contributed by atoms with Crippen molar-refractivity contribution in [2.75, 3.05) is 52.2 Å². The molecule has 10 nitrogen and oxygen atoms in total. The Bertz CT molecular complexity index is 1140. The Labute approximate surface area is 200 Å². The molecule has 0 aliphatic carbocycles. The van der Waals surface area contributed by atoms with Gasteiger partial charge in [0.25, 0.3) is 5.91 Å². The number of nitrogens with zero attached hydrogens (tertiary/aromatic N) is 2. The Kier molecular flexibility index (Phi) is 8.35. The van der Waals surface area contributed by atoms with Crippen molar-refractivity contribution in [1.29, 1.82) is 0 Å². The maximum Gasteiger partial charge on any atom is 0.317 e. The van der Waals surface area contributed by atoms with Crippen LogP contribution in [0, 0.1) is 0 Å². The summed E-state index contributed by atoms with van der Waals surface area (Å²) in [4.78, 5) is 26.1. The molecule has 184 valence electrons. The normalized spacial score (nSPS) is 13.6. The molecule has 0 bridgehead atoms. The van der Waals surface area contributed by atoms with Crippen LogP contribution in [0.1, 0.15) is 22.8 Å². The highest BCUT2D eigenvalue weighted by molar-refractivity contribution is 7.89. The maximum atomic E-state index is 12.8. The summed E-state index contributed by atoms with van der Waals surface area (Å²) in [6, 6.07) is 11.9. The minimum Gasteiger partial charge on any atom is -0.494 e. The SMILES string of the molecule is CCOc1ccccc1CNc1cc(C(=O)NCCN2CCNC2=O)cc(S(=O)(=O)N(C)C)c1. The van der Waals surface area contributed by atoms with Gasteiger partial charge in [-0.15, -0.1) is 0 Å². The van der Waals surface area contributed by atoms with Crippen molar-refractivity contribution in [3.63, 3.8) is 0 Å². The molecule has 1 aliphatic heterocycles.